The van der Waals surface area contributed by atoms with E-state index in [2.05, 4.69) is 9.84 Å². The van der Waals surface area contributed by atoms with Gasteiger partial charge in [-0.05, 0) is 11.1 Å². The van der Waals surface area contributed by atoms with Crippen molar-refractivity contribution in [3.05, 3.63) is 35.4 Å². The number of ketones is 1. The van der Waals surface area contributed by atoms with Crippen LogP contribution in [0, 0.1) is 0 Å². The van der Waals surface area contributed by atoms with E-state index in [0.717, 1.165) is 0 Å². The quantitative estimate of drug-likeness (QED) is 0.432. The Hall–Kier alpha value is -2.59. The number of nitrogens with one attached hydrogen (secondary N) is 1. The van der Waals surface area contributed by atoms with Gasteiger partial charge in [-0.25, -0.2) is 9.36 Å². The number of rotatable bonds is 7. The summed E-state index contributed by atoms with van der Waals surface area (Å²) in [6, 6.07) is 5.94. The molecular formula is C16H17N2O9P. The van der Waals surface area contributed by atoms with E-state index >= 15 is 0 Å². The molecule has 28 heavy (non-hydrogen) atoms. The lowest BCUT2D eigenvalue weighted by molar-refractivity contribution is -0.171. The summed E-state index contributed by atoms with van der Waals surface area (Å²) in [6.07, 6.45) is -1.45. The van der Waals surface area contributed by atoms with Gasteiger partial charge in [0.1, 0.15) is 5.78 Å². The molecule has 3 amide bonds. The van der Waals surface area contributed by atoms with Crippen LogP contribution < -0.4 is 5.32 Å². The molecule has 1 aliphatic heterocycles. The number of phosphoric acid groups is 1. The van der Waals surface area contributed by atoms with Crippen LogP contribution in [0.1, 0.15) is 42.3 Å². The van der Waals surface area contributed by atoms with Crippen molar-refractivity contribution < 1.29 is 42.9 Å². The molecule has 0 spiro atoms. The number of carbonyl (C=O) groups is 4. The summed E-state index contributed by atoms with van der Waals surface area (Å²) >= 11 is 0. The fourth-order valence-corrected chi connectivity index (χ4v) is 3.51. The molecule has 1 aromatic carbocycles. The fraction of sp³-hybridized carbons (Fsp3) is 0.375. The van der Waals surface area contributed by atoms with Gasteiger partial charge in [0.15, 0.2) is 0 Å². The van der Waals surface area contributed by atoms with Crippen LogP contribution in [0.25, 0.3) is 0 Å². The molecular weight excluding hydrogens is 395 g/mol. The second-order valence-electron chi connectivity index (χ2n) is 6.27. The van der Waals surface area contributed by atoms with Crippen molar-refractivity contribution >= 4 is 31.5 Å². The first kappa shape index (κ1) is 20.2. The number of carbonyl (C=O) groups excluding carboxylic acids is 4. The zero-order valence-electron chi connectivity index (χ0n) is 14.4. The molecule has 0 radical (unpaired) electrons. The molecule has 1 aliphatic carbocycles. The van der Waals surface area contributed by atoms with Crippen molar-refractivity contribution in [3.8, 4) is 0 Å². The average Bonchev–Trinajstić information content (AvgIpc) is 3.04. The van der Waals surface area contributed by atoms with Gasteiger partial charge in [0.25, 0.3) is 11.8 Å². The van der Waals surface area contributed by atoms with Gasteiger partial charge in [0, 0.05) is 19.3 Å². The largest absolute Gasteiger partial charge is 0.469 e. The SMILES string of the molecule is O=C(NC1c2cccc(c2)C1C(=O)CCOP(=O)(O)O)ON1C(=O)CCC1=O. The minimum atomic E-state index is -4.69. The number of hydroxylamine groups is 2. The highest BCUT2D eigenvalue weighted by Gasteiger charge is 2.39. The minimum Gasteiger partial charge on any atom is -0.312 e. The normalized spacial score (nSPS) is 21.1. The monoisotopic (exact) mass is 412 g/mol. The summed E-state index contributed by atoms with van der Waals surface area (Å²) in [5.74, 6) is -2.49. The molecule has 0 saturated carbocycles. The maximum atomic E-state index is 12.6. The lowest BCUT2D eigenvalue weighted by Gasteiger charge is -2.22. The van der Waals surface area contributed by atoms with E-state index in [0.29, 0.717) is 16.2 Å². The van der Waals surface area contributed by atoms with Crippen molar-refractivity contribution in [1.82, 2.24) is 10.4 Å². The third kappa shape index (κ3) is 4.45. The Balaban J connectivity index is 1.66. The minimum absolute atomic E-state index is 0.0446. The molecule has 1 fully saturated rings. The van der Waals surface area contributed by atoms with E-state index in [1.807, 2.05) is 0 Å². The second kappa shape index (κ2) is 7.80. The number of fused-ring (bicyclic) bond motifs is 2. The number of amides is 3. The van der Waals surface area contributed by atoms with Crippen molar-refractivity contribution in [2.45, 2.75) is 31.2 Å². The Morgan fingerprint density at radius 1 is 1.18 bits per heavy atom. The summed E-state index contributed by atoms with van der Waals surface area (Å²) in [5, 5.41) is 2.87. The first-order valence-corrected chi connectivity index (χ1v) is 9.85. The van der Waals surface area contributed by atoms with Crippen molar-refractivity contribution in [2.24, 2.45) is 0 Å². The van der Waals surface area contributed by atoms with Crippen LogP contribution in [0.3, 0.4) is 0 Å². The molecule has 11 nitrogen and oxygen atoms in total. The average molecular weight is 412 g/mol. The molecule has 150 valence electrons. The summed E-state index contributed by atoms with van der Waals surface area (Å²) in [7, 11) is -4.69. The Kier molecular flexibility index (Phi) is 5.61. The summed E-state index contributed by atoms with van der Waals surface area (Å²) in [5.41, 5.74) is 1.22. The Bertz CT molecular complexity index is 865. The van der Waals surface area contributed by atoms with Crippen LogP contribution in [-0.2, 0) is 28.3 Å². The molecule has 2 atom stereocenters. The summed E-state index contributed by atoms with van der Waals surface area (Å²) in [6.45, 7) is -0.483. The van der Waals surface area contributed by atoms with Gasteiger partial charge >= 0.3 is 13.9 Å². The number of nitrogens with zero attached hydrogens (tertiary/aromatic N) is 1. The highest BCUT2D eigenvalue weighted by molar-refractivity contribution is 7.46. The van der Waals surface area contributed by atoms with Crippen LogP contribution in [0.4, 0.5) is 4.79 Å². The molecule has 1 aromatic rings. The van der Waals surface area contributed by atoms with E-state index in [-0.39, 0.29) is 19.3 Å². The molecule has 3 rings (SSSR count). The zero-order valence-corrected chi connectivity index (χ0v) is 15.3. The van der Waals surface area contributed by atoms with Gasteiger partial charge in [0.2, 0.25) is 0 Å². The lowest BCUT2D eigenvalue weighted by Crippen LogP contribution is -2.40. The second-order valence-corrected chi connectivity index (χ2v) is 7.51. The first-order valence-electron chi connectivity index (χ1n) is 8.32. The molecule has 2 bridgehead atoms. The van der Waals surface area contributed by atoms with Gasteiger partial charge in [-0.2, -0.15) is 0 Å². The third-order valence-corrected chi connectivity index (χ3v) is 4.89. The van der Waals surface area contributed by atoms with Gasteiger partial charge in [-0.15, -0.1) is 5.06 Å². The van der Waals surface area contributed by atoms with Crippen molar-refractivity contribution in [2.75, 3.05) is 6.61 Å². The van der Waals surface area contributed by atoms with E-state index in [4.69, 9.17) is 14.6 Å². The summed E-state index contributed by atoms with van der Waals surface area (Å²) < 4.78 is 15.0. The number of Topliss-reactive ketones (excluding diaryl/α,β-unsaturated/α-hetero) is 1. The smallest absolute Gasteiger partial charge is 0.312 e. The molecule has 2 aliphatic rings. The Morgan fingerprint density at radius 2 is 1.82 bits per heavy atom. The summed E-state index contributed by atoms with van der Waals surface area (Å²) in [4.78, 5) is 70.0. The molecule has 12 heteroatoms. The Morgan fingerprint density at radius 3 is 2.46 bits per heavy atom. The standard InChI is InChI=1S/C16H17N2O9P/c19-11(6-7-26-28(23,24)25)14-9-2-1-3-10(8-9)15(14)17-16(22)27-18-12(20)4-5-13(18)21/h1-3,8,14-15H,4-7H2,(H,17,22)(H2,23,24,25). The van der Waals surface area contributed by atoms with E-state index in [1.165, 1.54) is 0 Å². The molecule has 1 saturated heterocycles. The van der Waals surface area contributed by atoms with Crippen LogP contribution >= 0.6 is 7.82 Å². The number of hydrogen-bond donors (Lipinski definition) is 3. The molecule has 0 aromatic heterocycles. The number of phosphoric ester groups is 1. The van der Waals surface area contributed by atoms with Gasteiger partial charge in [-0.1, -0.05) is 24.3 Å². The molecule has 2 unspecified atom stereocenters. The van der Waals surface area contributed by atoms with E-state index in [1.54, 1.807) is 24.3 Å². The number of benzene rings is 1. The van der Waals surface area contributed by atoms with E-state index in [9.17, 15) is 23.7 Å². The maximum absolute atomic E-state index is 12.6. The van der Waals surface area contributed by atoms with Gasteiger partial charge in [0.05, 0.1) is 18.6 Å². The van der Waals surface area contributed by atoms with Crippen LogP contribution in [0.2, 0.25) is 0 Å². The highest BCUT2D eigenvalue weighted by atomic mass is 31.2. The van der Waals surface area contributed by atoms with Gasteiger partial charge < -0.3 is 19.9 Å². The molecule has 3 N–H and O–H groups in total. The van der Waals surface area contributed by atoms with Crippen molar-refractivity contribution in [1.29, 1.82) is 0 Å². The predicted octanol–water partition coefficient (Wildman–Crippen LogP) is 0.684. The maximum Gasteiger partial charge on any atom is 0.469 e. The molecule has 1 heterocycles. The third-order valence-electron chi connectivity index (χ3n) is 4.37. The number of hydrogen-bond acceptors (Lipinski definition) is 7. The Labute approximate surface area is 158 Å². The zero-order chi connectivity index (χ0) is 20.5. The van der Waals surface area contributed by atoms with Crippen LogP contribution in [0.5, 0.6) is 0 Å². The number of imide groups is 1. The predicted molar refractivity (Wildman–Crippen MR) is 90.2 cm³/mol. The topological polar surface area (TPSA) is 160 Å². The first-order chi connectivity index (χ1) is 13.2. The highest BCUT2D eigenvalue weighted by Crippen LogP contribution is 2.41. The van der Waals surface area contributed by atoms with Crippen LogP contribution in [-0.4, -0.2) is 45.1 Å². The van der Waals surface area contributed by atoms with Crippen LogP contribution in [0.15, 0.2) is 24.3 Å². The van der Waals surface area contributed by atoms with Crippen molar-refractivity contribution in [3.63, 3.8) is 0 Å². The lowest BCUT2D eigenvalue weighted by atomic mass is 9.92. The van der Waals surface area contributed by atoms with Gasteiger partial charge in [-0.3, -0.25) is 18.9 Å². The fourth-order valence-electron chi connectivity index (χ4n) is 3.18. The van der Waals surface area contributed by atoms with E-state index < -0.39 is 50.1 Å².